The van der Waals surface area contributed by atoms with Crippen molar-refractivity contribution in [2.45, 2.75) is 31.4 Å². The Morgan fingerprint density at radius 2 is 1.96 bits per heavy atom. The standard InChI is InChI=1S/C19H23N3O3S/c1-26(24,25)21-8-6-19(7-9-21)10-15(18(19)23)17-14-5-3-2-4-13(14)16-11-20-12-22(16)17/h2-5,11-12,15,17-18,23H,6-10H2,1H3/t15-,17+,18-/m0/s1. The second kappa shape index (κ2) is 5.41. The van der Waals surface area contributed by atoms with Crippen molar-refractivity contribution < 1.29 is 13.5 Å². The average molecular weight is 373 g/mol. The van der Waals surface area contributed by atoms with E-state index in [9.17, 15) is 13.5 Å². The fourth-order valence-electron chi connectivity index (χ4n) is 5.35. The van der Waals surface area contributed by atoms with E-state index in [0.717, 1.165) is 25.0 Å². The Morgan fingerprint density at radius 1 is 1.23 bits per heavy atom. The normalized spacial score (nSPS) is 30.0. The average Bonchev–Trinajstić information content (AvgIpc) is 3.20. The Hall–Kier alpha value is -1.70. The van der Waals surface area contributed by atoms with E-state index in [-0.39, 0.29) is 17.4 Å². The topological polar surface area (TPSA) is 75.4 Å². The third kappa shape index (κ3) is 2.17. The van der Waals surface area contributed by atoms with Gasteiger partial charge in [0, 0.05) is 24.6 Å². The zero-order chi connectivity index (χ0) is 18.1. The summed E-state index contributed by atoms with van der Waals surface area (Å²) >= 11 is 0. The maximum absolute atomic E-state index is 11.8. The number of benzene rings is 1. The number of nitrogens with zero attached hydrogens (tertiary/aromatic N) is 3. The first kappa shape index (κ1) is 16.5. The zero-order valence-electron chi connectivity index (χ0n) is 14.7. The number of rotatable bonds is 2. The predicted molar refractivity (Wildman–Crippen MR) is 98.0 cm³/mol. The summed E-state index contributed by atoms with van der Waals surface area (Å²) < 4.78 is 27.2. The summed E-state index contributed by atoms with van der Waals surface area (Å²) in [5.74, 6) is 0.149. The maximum atomic E-state index is 11.8. The van der Waals surface area contributed by atoms with E-state index in [0.29, 0.717) is 13.1 Å². The molecule has 3 aliphatic rings. The van der Waals surface area contributed by atoms with Crippen LogP contribution in [0.15, 0.2) is 36.8 Å². The molecule has 1 aromatic carbocycles. The van der Waals surface area contributed by atoms with Crippen LogP contribution in [-0.4, -0.2) is 52.8 Å². The van der Waals surface area contributed by atoms with Crippen LogP contribution in [0.4, 0.5) is 0 Å². The molecule has 1 N–H and O–H groups in total. The summed E-state index contributed by atoms with van der Waals surface area (Å²) in [5.41, 5.74) is 3.45. The van der Waals surface area contributed by atoms with Crippen LogP contribution in [-0.2, 0) is 10.0 Å². The molecule has 0 unspecified atom stereocenters. The SMILES string of the molecule is CS(=O)(=O)N1CCC2(CC1)C[C@@H]([C@H]1c3ccccc3-c3cncn31)[C@@H]2O. The Bertz CT molecular complexity index is 960. The highest BCUT2D eigenvalue weighted by molar-refractivity contribution is 7.88. The molecule has 2 fully saturated rings. The minimum Gasteiger partial charge on any atom is -0.392 e. The van der Waals surface area contributed by atoms with Crippen LogP contribution in [0.2, 0.25) is 0 Å². The van der Waals surface area contributed by atoms with Gasteiger partial charge in [0.15, 0.2) is 0 Å². The monoisotopic (exact) mass is 373 g/mol. The zero-order valence-corrected chi connectivity index (χ0v) is 15.6. The van der Waals surface area contributed by atoms with Crippen molar-refractivity contribution in [1.82, 2.24) is 13.9 Å². The van der Waals surface area contributed by atoms with Gasteiger partial charge in [0.1, 0.15) is 0 Å². The van der Waals surface area contributed by atoms with Gasteiger partial charge < -0.3 is 9.67 Å². The van der Waals surface area contributed by atoms with Gasteiger partial charge in [0.2, 0.25) is 10.0 Å². The number of hydrogen-bond acceptors (Lipinski definition) is 4. The third-order valence-electron chi connectivity index (χ3n) is 6.79. The molecule has 26 heavy (non-hydrogen) atoms. The van der Waals surface area contributed by atoms with Crippen LogP contribution >= 0.6 is 0 Å². The van der Waals surface area contributed by atoms with Gasteiger partial charge in [-0.2, -0.15) is 0 Å². The van der Waals surface area contributed by atoms with Crippen molar-refractivity contribution in [2.24, 2.45) is 11.3 Å². The molecule has 5 rings (SSSR count). The van der Waals surface area contributed by atoms with Gasteiger partial charge >= 0.3 is 0 Å². The van der Waals surface area contributed by atoms with Crippen molar-refractivity contribution in [3.05, 3.63) is 42.4 Å². The number of fused-ring (bicyclic) bond motifs is 3. The van der Waals surface area contributed by atoms with E-state index in [4.69, 9.17) is 0 Å². The van der Waals surface area contributed by atoms with E-state index < -0.39 is 16.1 Å². The van der Waals surface area contributed by atoms with E-state index >= 15 is 0 Å². The predicted octanol–water partition coefficient (Wildman–Crippen LogP) is 1.88. The molecular formula is C19H23N3O3S. The Labute approximate surface area is 153 Å². The highest BCUT2D eigenvalue weighted by atomic mass is 32.2. The van der Waals surface area contributed by atoms with Gasteiger partial charge in [0.05, 0.1) is 36.6 Å². The summed E-state index contributed by atoms with van der Waals surface area (Å²) in [6.07, 6.45) is 7.03. The largest absolute Gasteiger partial charge is 0.392 e. The fourth-order valence-corrected chi connectivity index (χ4v) is 6.20. The highest BCUT2D eigenvalue weighted by Crippen LogP contribution is 2.59. The number of hydrogen-bond donors (Lipinski definition) is 1. The summed E-state index contributed by atoms with van der Waals surface area (Å²) in [6.45, 7) is 1.03. The lowest BCUT2D eigenvalue weighted by Crippen LogP contribution is -2.59. The Morgan fingerprint density at radius 3 is 2.65 bits per heavy atom. The maximum Gasteiger partial charge on any atom is 0.211 e. The van der Waals surface area contributed by atoms with Gasteiger partial charge in [-0.3, -0.25) is 0 Å². The van der Waals surface area contributed by atoms with Crippen molar-refractivity contribution in [3.63, 3.8) is 0 Å². The first-order valence-corrected chi connectivity index (χ1v) is 11.0. The van der Waals surface area contributed by atoms with Gasteiger partial charge in [-0.1, -0.05) is 24.3 Å². The lowest BCUT2D eigenvalue weighted by atomic mass is 9.53. The molecule has 0 radical (unpaired) electrons. The Kier molecular flexibility index (Phi) is 3.42. The summed E-state index contributed by atoms with van der Waals surface area (Å²) in [5, 5.41) is 11.1. The number of sulfonamides is 1. The number of aliphatic hydroxyl groups is 1. The molecule has 6 nitrogen and oxygen atoms in total. The lowest BCUT2D eigenvalue weighted by Gasteiger charge is -2.57. The van der Waals surface area contributed by atoms with Gasteiger partial charge in [-0.25, -0.2) is 17.7 Å². The molecule has 3 heterocycles. The second-order valence-corrected chi connectivity index (χ2v) is 10.0. The van der Waals surface area contributed by atoms with Crippen LogP contribution < -0.4 is 0 Å². The number of aromatic nitrogens is 2. The first-order chi connectivity index (χ1) is 12.4. The molecular weight excluding hydrogens is 350 g/mol. The van der Waals surface area contributed by atoms with Crippen molar-refractivity contribution in [3.8, 4) is 11.3 Å². The van der Waals surface area contributed by atoms with Crippen LogP contribution in [0, 0.1) is 11.3 Å². The van der Waals surface area contributed by atoms with Crippen molar-refractivity contribution >= 4 is 10.0 Å². The molecule has 0 amide bonds. The van der Waals surface area contributed by atoms with Crippen LogP contribution in [0.3, 0.4) is 0 Å². The van der Waals surface area contributed by atoms with E-state index in [1.54, 1.807) is 0 Å². The number of aliphatic hydroxyl groups excluding tert-OH is 1. The molecule has 1 saturated carbocycles. The fraction of sp³-hybridized carbons (Fsp3) is 0.526. The second-order valence-electron chi connectivity index (χ2n) is 8.06. The molecule has 1 aromatic heterocycles. The molecule has 0 bridgehead atoms. The van der Waals surface area contributed by atoms with E-state index in [1.165, 1.54) is 21.7 Å². The van der Waals surface area contributed by atoms with E-state index in [1.807, 2.05) is 18.6 Å². The molecule has 7 heteroatoms. The van der Waals surface area contributed by atoms with Gasteiger partial charge in [0.25, 0.3) is 0 Å². The minimum atomic E-state index is -3.14. The molecule has 2 aromatic rings. The Balaban J connectivity index is 1.40. The molecule has 2 aliphatic heterocycles. The number of imidazole rings is 1. The van der Waals surface area contributed by atoms with E-state index in [2.05, 4.69) is 27.8 Å². The van der Waals surface area contributed by atoms with Gasteiger partial charge in [-0.15, -0.1) is 0 Å². The van der Waals surface area contributed by atoms with Crippen LogP contribution in [0.1, 0.15) is 30.9 Å². The molecule has 1 spiro atoms. The molecule has 3 atom stereocenters. The summed E-state index contributed by atoms with van der Waals surface area (Å²) in [6, 6.07) is 8.48. The summed E-state index contributed by atoms with van der Waals surface area (Å²) in [7, 11) is -3.14. The van der Waals surface area contributed by atoms with Crippen molar-refractivity contribution in [1.29, 1.82) is 0 Å². The van der Waals surface area contributed by atoms with Gasteiger partial charge in [-0.05, 0) is 30.2 Å². The number of piperidine rings is 1. The van der Waals surface area contributed by atoms with Crippen LogP contribution in [0.5, 0.6) is 0 Å². The minimum absolute atomic E-state index is 0.122. The highest BCUT2D eigenvalue weighted by Gasteiger charge is 2.58. The van der Waals surface area contributed by atoms with Crippen LogP contribution in [0.25, 0.3) is 11.3 Å². The summed E-state index contributed by atoms with van der Waals surface area (Å²) in [4.78, 5) is 4.31. The van der Waals surface area contributed by atoms with Crippen molar-refractivity contribution in [2.75, 3.05) is 19.3 Å². The first-order valence-electron chi connectivity index (χ1n) is 9.15. The quantitative estimate of drug-likeness (QED) is 0.872. The molecule has 1 aliphatic carbocycles. The molecule has 1 saturated heterocycles. The lowest BCUT2D eigenvalue weighted by molar-refractivity contribution is -0.152. The molecule has 138 valence electrons. The smallest absolute Gasteiger partial charge is 0.211 e. The third-order valence-corrected chi connectivity index (χ3v) is 8.09.